The van der Waals surface area contributed by atoms with Crippen molar-refractivity contribution in [3.05, 3.63) is 89.0 Å². The van der Waals surface area contributed by atoms with Crippen LogP contribution in [0.3, 0.4) is 0 Å². The van der Waals surface area contributed by atoms with Gasteiger partial charge in [0, 0.05) is 11.4 Å². The second-order valence-corrected chi connectivity index (χ2v) is 7.84. The van der Waals surface area contributed by atoms with Gasteiger partial charge >= 0.3 is 12.1 Å². The molecule has 0 saturated heterocycles. The number of hydrogen-bond donors (Lipinski definition) is 1. The van der Waals surface area contributed by atoms with Crippen LogP contribution in [-0.4, -0.2) is 30.6 Å². The van der Waals surface area contributed by atoms with Gasteiger partial charge in [0.2, 0.25) is 5.95 Å². The summed E-state index contributed by atoms with van der Waals surface area (Å²) in [6.07, 6.45) is -1.85. The number of aromatic nitrogens is 4. The molecule has 1 aliphatic rings. The molecule has 1 aliphatic heterocycles. The Morgan fingerprint density at radius 2 is 1.91 bits per heavy atom. The largest absolute Gasteiger partial charge is 0.478 e. The number of aliphatic carboxylic acids is 1. The number of fused-ring (bicyclic) bond motifs is 3. The Morgan fingerprint density at radius 3 is 2.57 bits per heavy atom. The Hall–Kier alpha value is -4.72. The summed E-state index contributed by atoms with van der Waals surface area (Å²) in [7, 11) is 0. The molecule has 0 saturated carbocycles. The van der Waals surface area contributed by atoms with Gasteiger partial charge in [0.05, 0.1) is 35.0 Å². The molecule has 1 atom stereocenters. The molecule has 35 heavy (non-hydrogen) atoms. The number of nitriles is 1. The van der Waals surface area contributed by atoms with Gasteiger partial charge in [0.15, 0.2) is 5.65 Å². The molecule has 0 fully saturated rings. The van der Waals surface area contributed by atoms with Crippen molar-refractivity contribution in [3.63, 3.8) is 0 Å². The Morgan fingerprint density at radius 1 is 1.17 bits per heavy atom. The number of benzene rings is 2. The third kappa shape index (κ3) is 3.56. The highest BCUT2D eigenvalue weighted by atomic mass is 19.4. The first-order valence-corrected chi connectivity index (χ1v) is 10.3. The molecule has 5 rings (SSSR count). The maximum Gasteiger partial charge on any atom is 0.416 e. The standard InChI is InChI=1S/C24H15F3N6O2/c1-13-19(22(34)35)20(15-7-5-14(10-28)6-8-15)33-21-18(11-29-12-30-21)31-23(33)32(13)17-4-2-3-16(9-17)24(25,26)27/h2-9,11-12,20H,1H3,(H,34,35). The van der Waals surface area contributed by atoms with Crippen molar-refractivity contribution in [2.45, 2.75) is 19.1 Å². The average Bonchev–Trinajstić information content (AvgIpc) is 3.21. The van der Waals surface area contributed by atoms with E-state index < -0.39 is 23.8 Å². The van der Waals surface area contributed by atoms with Gasteiger partial charge in [-0.05, 0) is 42.8 Å². The Labute approximate surface area is 196 Å². The minimum atomic E-state index is -4.59. The van der Waals surface area contributed by atoms with Crippen LogP contribution in [0.5, 0.6) is 0 Å². The molecule has 3 heterocycles. The lowest BCUT2D eigenvalue weighted by atomic mass is 9.93. The molecule has 4 aromatic rings. The second kappa shape index (κ2) is 7.95. The van der Waals surface area contributed by atoms with E-state index in [4.69, 9.17) is 5.26 Å². The zero-order chi connectivity index (χ0) is 24.9. The smallest absolute Gasteiger partial charge is 0.416 e. The molecule has 0 radical (unpaired) electrons. The van der Waals surface area contributed by atoms with E-state index in [1.54, 1.807) is 28.8 Å². The van der Waals surface area contributed by atoms with Gasteiger partial charge < -0.3 is 5.11 Å². The SMILES string of the molecule is CC1=C(C(=O)O)C(c2ccc(C#N)cc2)n2c(nc3cncnc32)N1c1cccc(C(F)(F)F)c1. The lowest BCUT2D eigenvalue weighted by Crippen LogP contribution is -2.33. The Bertz CT molecular complexity index is 1550. The number of carbonyl (C=O) groups is 1. The van der Waals surface area contributed by atoms with Crippen molar-refractivity contribution in [2.24, 2.45) is 0 Å². The van der Waals surface area contributed by atoms with Gasteiger partial charge in [-0.15, -0.1) is 0 Å². The van der Waals surface area contributed by atoms with Crippen molar-refractivity contribution in [2.75, 3.05) is 4.90 Å². The molecule has 2 aromatic heterocycles. The summed E-state index contributed by atoms with van der Waals surface area (Å²) in [6, 6.07) is 12.1. The molecule has 0 bridgehead atoms. The van der Waals surface area contributed by atoms with E-state index in [2.05, 4.69) is 15.0 Å². The van der Waals surface area contributed by atoms with Crippen LogP contribution in [0.4, 0.5) is 24.8 Å². The summed E-state index contributed by atoms with van der Waals surface area (Å²) < 4.78 is 41.9. The number of carboxylic acids is 1. The predicted molar refractivity (Wildman–Crippen MR) is 119 cm³/mol. The second-order valence-electron chi connectivity index (χ2n) is 7.84. The fourth-order valence-electron chi connectivity index (χ4n) is 4.29. The number of halogens is 3. The first kappa shape index (κ1) is 22.1. The number of anilines is 2. The number of carboxylic acid groups (broad SMARTS) is 1. The van der Waals surface area contributed by atoms with Crippen LogP contribution in [0.25, 0.3) is 11.2 Å². The number of imidazole rings is 1. The lowest BCUT2D eigenvalue weighted by molar-refractivity contribution is -0.137. The maximum absolute atomic E-state index is 13.5. The summed E-state index contributed by atoms with van der Waals surface area (Å²) >= 11 is 0. The number of hydrogen-bond acceptors (Lipinski definition) is 6. The van der Waals surface area contributed by atoms with Gasteiger partial charge in [-0.25, -0.2) is 19.7 Å². The van der Waals surface area contributed by atoms with Gasteiger partial charge in [0.1, 0.15) is 11.8 Å². The molecule has 1 unspecified atom stereocenters. The van der Waals surface area contributed by atoms with Gasteiger partial charge in [0.25, 0.3) is 0 Å². The van der Waals surface area contributed by atoms with Crippen LogP contribution >= 0.6 is 0 Å². The zero-order valence-corrected chi connectivity index (χ0v) is 18.0. The Kier molecular flexibility index (Phi) is 5.02. The van der Waals surface area contributed by atoms with Crippen LogP contribution in [0.2, 0.25) is 0 Å². The molecule has 11 heteroatoms. The summed E-state index contributed by atoms with van der Waals surface area (Å²) in [5.41, 5.74) is 0.939. The average molecular weight is 476 g/mol. The Balaban J connectivity index is 1.83. The van der Waals surface area contributed by atoms with Crippen molar-refractivity contribution in [1.29, 1.82) is 5.26 Å². The van der Waals surface area contributed by atoms with E-state index in [9.17, 15) is 23.1 Å². The number of alkyl halides is 3. The fourth-order valence-corrected chi connectivity index (χ4v) is 4.29. The van der Waals surface area contributed by atoms with Crippen molar-refractivity contribution in [3.8, 4) is 6.07 Å². The molecule has 174 valence electrons. The maximum atomic E-state index is 13.5. The summed E-state index contributed by atoms with van der Waals surface area (Å²) in [5.74, 6) is -1.06. The lowest BCUT2D eigenvalue weighted by Gasteiger charge is -2.36. The summed E-state index contributed by atoms with van der Waals surface area (Å²) in [6.45, 7) is 1.52. The van der Waals surface area contributed by atoms with Crippen LogP contribution in [0.1, 0.15) is 29.7 Å². The highest BCUT2D eigenvalue weighted by Gasteiger charge is 2.39. The molecular weight excluding hydrogens is 461 g/mol. The normalized spacial score (nSPS) is 15.7. The molecule has 8 nitrogen and oxygen atoms in total. The highest BCUT2D eigenvalue weighted by Crippen LogP contribution is 2.45. The van der Waals surface area contributed by atoms with Gasteiger partial charge in [-0.1, -0.05) is 18.2 Å². The van der Waals surface area contributed by atoms with E-state index in [-0.39, 0.29) is 22.9 Å². The first-order chi connectivity index (χ1) is 16.7. The van der Waals surface area contributed by atoms with Crippen LogP contribution < -0.4 is 4.90 Å². The van der Waals surface area contributed by atoms with Gasteiger partial charge in [-0.3, -0.25) is 9.47 Å². The first-order valence-electron chi connectivity index (χ1n) is 10.3. The quantitative estimate of drug-likeness (QED) is 0.452. The van der Waals surface area contributed by atoms with E-state index in [0.29, 0.717) is 22.3 Å². The molecule has 0 aliphatic carbocycles. The van der Waals surface area contributed by atoms with E-state index >= 15 is 0 Å². The molecular formula is C24H15F3N6O2. The summed E-state index contributed by atoms with van der Waals surface area (Å²) in [5, 5.41) is 19.4. The predicted octanol–water partition coefficient (Wildman–Crippen LogP) is 4.82. The minimum absolute atomic E-state index is 0.0717. The fraction of sp³-hybridized carbons (Fsp3) is 0.125. The van der Waals surface area contributed by atoms with Crippen LogP contribution in [0.15, 0.2) is 72.3 Å². The van der Waals surface area contributed by atoms with E-state index in [0.717, 1.165) is 12.1 Å². The molecule has 1 N–H and O–H groups in total. The minimum Gasteiger partial charge on any atom is -0.478 e. The highest BCUT2D eigenvalue weighted by molar-refractivity contribution is 5.94. The van der Waals surface area contributed by atoms with Gasteiger partial charge in [-0.2, -0.15) is 18.4 Å². The number of rotatable bonds is 3. The molecule has 0 amide bonds. The van der Waals surface area contributed by atoms with Crippen molar-refractivity contribution >= 4 is 28.8 Å². The topological polar surface area (TPSA) is 108 Å². The zero-order valence-electron chi connectivity index (χ0n) is 18.0. The van der Waals surface area contributed by atoms with Crippen LogP contribution in [-0.2, 0) is 11.0 Å². The number of nitrogens with zero attached hydrogens (tertiary/aromatic N) is 6. The van der Waals surface area contributed by atoms with E-state index in [1.807, 2.05) is 6.07 Å². The third-order valence-electron chi connectivity index (χ3n) is 5.81. The van der Waals surface area contributed by atoms with E-state index in [1.165, 1.54) is 36.5 Å². The number of allylic oxidation sites excluding steroid dienone is 1. The van der Waals surface area contributed by atoms with Crippen molar-refractivity contribution in [1.82, 2.24) is 19.5 Å². The summed E-state index contributed by atoms with van der Waals surface area (Å²) in [4.78, 5) is 26.8. The monoisotopic (exact) mass is 476 g/mol. The van der Waals surface area contributed by atoms with Crippen LogP contribution in [0, 0.1) is 11.3 Å². The van der Waals surface area contributed by atoms with Crippen molar-refractivity contribution < 1.29 is 23.1 Å². The molecule has 0 spiro atoms. The third-order valence-corrected chi connectivity index (χ3v) is 5.81. The molecule has 2 aromatic carbocycles.